The van der Waals surface area contributed by atoms with Crippen LogP contribution in [0.15, 0.2) is 0 Å². The predicted octanol–water partition coefficient (Wildman–Crippen LogP) is 1.64. The Kier molecular flexibility index (Phi) is 7.63. The molecule has 1 atom stereocenters. The fourth-order valence-corrected chi connectivity index (χ4v) is 3.46. The van der Waals surface area contributed by atoms with Crippen molar-refractivity contribution in [1.29, 1.82) is 0 Å². The minimum absolute atomic E-state index is 0.0185. The second-order valence-corrected chi connectivity index (χ2v) is 6.60. The van der Waals surface area contributed by atoms with Crippen molar-refractivity contribution in [1.82, 2.24) is 9.80 Å². The van der Waals surface area contributed by atoms with Gasteiger partial charge in [-0.25, -0.2) is 0 Å². The molecule has 2 saturated heterocycles. The van der Waals surface area contributed by atoms with Gasteiger partial charge in [0.15, 0.2) is 0 Å². The molecule has 128 valence electrons. The van der Waals surface area contributed by atoms with Gasteiger partial charge in [-0.1, -0.05) is 12.8 Å². The number of nitrogens with zero attached hydrogens (tertiary/aromatic N) is 2. The van der Waals surface area contributed by atoms with Crippen molar-refractivity contribution in [2.75, 3.05) is 39.4 Å². The van der Waals surface area contributed by atoms with Gasteiger partial charge in [-0.15, -0.1) is 0 Å². The van der Waals surface area contributed by atoms with Crippen LogP contribution in [0.5, 0.6) is 0 Å². The standard InChI is InChI=1S/C17H32N2O3/c1-15(18-9-4-2-3-5-10-18)17(21)19-11-7-16(8-12-19)22-14-6-13-20/h15-16,20H,2-14H2,1H3. The smallest absolute Gasteiger partial charge is 0.239 e. The number of aliphatic hydroxyl groups is 1. The highest BCUT2D eigenvalue weighted by atomic mass is 16.5. The van der Waals surface area contributed by atoms with Crippen molar-refractivity contribution in [3.05, 3.63) is 0 Å². The molecule has 1 unspecified atom stereocenters. The summed E-state index contributed by atoms with van der Waals surface area (Å²) in [4.78, 5) is 17.1. The van der Waals surface area contributed by atoms with Gasteiger partial charge in [0.2, 0.25) is 5.91 Å². The Morgan fingerprint density at radius 1 is 1.14 bits per heavy atom. The molecule has 2 heterocycles. The zero-order valence-corrected chi connectivity index (χ0v) is 14.0. The Hall–Kier alpha value is -0.650. The lowest BCUT2D eigenvalue weighted by molar-refractivity contribution is -0.139. The first-order chi connectivity index (χ1) is 10.7. The summed E-state index contributed by atoms with van der Waals surface area (Å²) in [6.45, 7) is 6.62. The van der Waals surface area contributed by atoms with Crippen molar-refractivity contribution < 1.29 is 14.6 Å². The molecule has 2 fully saturated rings. The topological polar surface area (TPSA) is 53.0 Å². The Labute approximate surface area is 134 Å². The number of piperidine rings is 1. The van der Waals surface area contributed by atoms with Crippen LogP contribution in [0.2, 0.25) is 0 Å². The molecule has 0 spiro atoms. The van der Waals surface area contributed by atoms with Crippen LogP contribution in [0.1, 0.15) is 51.9 Å². The summed E-state index contributed by atoms with van der Waals surface area (Å²) in [6, 6.07) is 0.0185. The molecular formula is C17H32N2O3. The molecule has 0 aromatic carbocycles. The Morgan fingerprint density at radius 3 is 2.36 bits per heavy atom. The molecule has 5 heteroatoms. The van der Waals surface area contributed by atoms with Crippen LogP contribution in [0.3, 0.4) is 0 Å². The van der Waals surface area contributed by atoms with E-state index in [1.807, 2.05) is 4.90 Å². The molecule has 2 aliphatic heterocycles. The molecule has 1 amide bonds. The summed E-state index contributed by atoms with van der Waals surface area (Å²) in [6.07, 6.45) is 7.83. The molecule has 0 aliphatic carbocycles. The van der Waals surface area contributed by atoms with E-state index in [2.05, 4.69) is 11.8 Å². The molecule has 0 bridgehead atoms. The number of ether oxygens (including phenoxy) is 1. The third kappa shape index (κ3) is 5.21. The molecule has 5 nitrogen and oxygen atoms in total. The summed E-state index contributed by atoms with van der Waals surface area (Å²) < 4.78 is 5.74. The first-order valence-corrected chi connectivity index (χ1v) is 8.97. The second-order valence-electron chi connectivity index (χ2n) is 6.60. The van der Waals surface area contributed by atoms with E-state index in [9.17, 15) is 4.79 Å². The summed E-state index contributed by atoms with van der Waals surface area (Å²) in [5, 5.41) is 8.78. The lowest BCUT2D eigenvalue weighted by atomic mass is 10.1. The predicted molar refractivity (Wildman–Crippen MR) is 86.8 cm³/mol. The van der Waals surface area contributed by atoms with Gasteiger partial charge in [-0.05, 0) is 52.1 Å². The van der Waals surface area contributed by atoms with Crippen LogP contribution in [0, 0.1) is 0 Å². The van der Waals surface area contributed by atoms with Gasteiger partial charge in [-0.2, -0.15) is 0 Å². The maximum Gasteiger partial charge on any atom is 0.239 e. The lowest BCUT2D eigenvalue weighted by Crippen LogP contribution is -2.50. The van der Waals surface area contributed by atoms with Gasteiger partial charge in [0.05, 0.1) is 12.1 Å². The van der Waals surface area contributed by atoms with E-state index in [0.717, 1.165) is 39.0 Å². The number of likely N-dealkylation sites (tertiary alicyclic amines) is 2. The van der Waals surface area contributed by atoms with E-state index in [1.54, 1.807) is 0 Å². The lowest BCUT2D eigenvalue weighted by Gasteiger charge is -2.36. The van der Waals surface area contributed by atoms with E-state index in [4.69, 9.17) is 9.84 Å². The number of hydrogen-bond donors (Lipinski definition) is 1. The minimum atomic E-state index is 0.0185. The van der Waals surface area contributed by atoms with Crippen LogP contribution in [0.4, 0.5) is 0 Å². The zero-order chi connectivity index (χ0) is 15.8. The fraction of sp³-hybridized carbons (Fsp3) is 0.941. The van der Waals surface area contributed by atoms with Gasteiger partial charge in [0.1, 0.15) is 0 Å². The van der Waals surface area contributed by atoms with Crippen molar-refractivity contribution in [3.8, 4) is 0 Å². The van der Waals surface area contributed by atoms with Gasteiger partial charge >= 0.3 is 0 Å². The maximum absolute atomic E-state index is 12.7. The van der Waals surface area contributed by atoms with Gasteiger partial charge in [-0.3, -0.25) is 9.69 Å². The number of rotatable bonds is 6. The van der Waals surface area contributed by atoms with Crippen LogP contribution < -0.4 is 0 Å². The number of hydrogen-bond acceptors (Lipinski definition) is 4. The molecule has 0 aromatic heterocycles. The molecule has 1 N–H and O–H groups in total. The van der Waals surface area contributed by atoms with Gasteiger partial charge in [0.25, 0.3) is 0 Å². The molecule has 22 heavy (non-hydrogen) atoms. The highest BCUT2D eigenvalue weighted by Crippen LogP contribution is 2.18. The summed E-state index contributed by atoms with van der Waals surface area (Å²) >= 11 is 0. The Bertz CT molecular complexity index is 322. The quantitative estimate of drug-likeness (QED) is 0.758. The van der Waals surface area contributed by atoms with E-state index < -0.39 is 0 Å². The fourth-order valence-electron chi connectivity index (χ4n) is 3.46. The van der Waals surface area contributed by atoms with Crippen LogP contribution in [0.25, 0.3) is 0 Å². The second kappa shape index (κ2) is 9.48. The SMILES string of the molecule is CC(C(=O)N1CCC(OCCCO)CC1)N1CCCCCC1. The average Bonchev–Trinajstić information content (AvgIpc) is 2.84. The van der Waals surface area contributed by atoms with Crippen molar-refractivity contribution >= 4 is 5.91 Å². The van der Waals surface area contributed by atoms with E-state index in [-0.39, 0.29) is 24.7 Å². The van der Waals surface area contributed by atoms with E-state index in [1.165, 1.54) is 25.7 Å². The number of carbonyl (C=O) groups is 1. The van der Waals surface area contributed by atoms with Crippen LogP contribution >= 0.6 is 0 Å². The maximum atomic E-state index is 12.7. The molecule has 0 aromatic rings. The molecule has 2 aliphatic rings. The summed E-state index contributed by atoms with van der Waals surface area (Å²) in [7, 11) is 0. The number of carbonyl (C=O) groups excluding carboxylic acids is 1. The number of amides is 1. The Morgan fingerprint density at radius 2 is 1.77 bits per heavy atom. The zero-order valence-electron chi connectivity index (χ0n) is 14.0. The molecular weight excluding hydrogens is 280 g/mol. The van der Waals surface area contributed by atoms with Crippen LogP contribution in [-0.4, -0.2) is 72.4 Å². The van der Waals surface area contributed by atoms with Gasteiger partial charge in [0, 0.05) is 26.3 Å². The highest BCUT2D eigenvalue weighted by molar-refractivity contribution is 5.81. The average molecular weight is 312 g/mol. The third-order valence-electron chi connectivity index (χ3n) is 4.96. The monoisotopic (exact) mass is 312 g/mol. The normalized spacial score (nSPS) is 23.3. The van der Waals surface area contributed by atoms with Gasteiger partial charge < -0.3 is 14.7 Å². The van der Waals surface area contributed by atoms with Crippen LogP contribution in [-0.2, 0) is 9.53 Å². The summed E-state index contributed by atoms with van der Waals surface area (Å²) in [5.74, 6) is 0.288. The third-order valence-corrected chi connectivity index (χ3v) is 4.96. The largest absolute Gasteiger partial charge is 0.396 e. The molecule has 0 saturated carbocycles. The van der Waals surface area contributed by atoms with Crippen molar-refractivity contribution in [2.45, 2.75) is 64.0 Å². The van der Waals surface area contributed by atoms with Crippen molar-refractivity contribution in [2.24, 2.45) is 0 Å². The first-order valence-electron chi connectivity index (χ1n) is 8.97. The molecule has 2 rings (SSSR count). The van der Waals surface area contributed by atoms with Crippen molar-refractivity contribution in [3.63, 3.8) is 0 Å². The summed E-state index contributed by atoms with van der Waals surface area (Å²) in [5.41, 5.74) is 0. The van der Waals surface area contributed by atoms with E-state index in [0.29, 0.717) is 13.0 Å². The van der Waals surface area contributed by atoms with E-state index >= 15 is 0 Å². The number of aliphatic hydroxyl groups excluding tert-OH is 1. The first kappa shape index (κ1) is 17.7. The minimum Gasteiger partial charge on any atom is -0.396 e. The highest BCUT2D eigenvalue weighted by Gasteiger charge is 2.29. The Balaban J connectivity index is 1.73. The molecule has 0 radical (unpaired) electrons.